The Hall–Kier alpha value is -0.160. The van der Waals surface area contributed by atoms with Gasteiger partial charge in [-0.25, -0.2) is 0 Å². The summed E-state index contributed by atoms with van der Waals surface area (Å²) in [5.74, 6) is 0. The van der Waals surface area contributed by atoms with Crippen LogP contribution in [0.5, 0.6) is 0 Å². The lowest BCUT2D eigenvalue weighted by atomic mass is 10.0. The van der Waals surface area contributed by atoms with E-state index >= 15 is 0 Å². The Labute approximate surface area is 129 Å². The quantitative estimate of drug-likeness (QED) is 0.786. The standard InChI is InChI=1S/C14H15Br2NS/c1-17-12(9-13-5-6-14(16)18-13)8-10-3-2-4-11(15)7-10/h2-7,12,17H,8-9H2,1H3. The second kappa shape index (κ2) is 6.85. The molecule has 1 heterocycles. The first-order valence-electron chi connectivity index (χ1n) is 5.83. The number of thiophene rings is 1. The highest BCUT2D eigenvalue weighted by molar-refractivity contribution is 9.11. The number of nitrogens with one attached hydrogen (secondary N) is 1. The predicted molar refractivity (Wildman–Crippen MR) is 86.4 cm³/mol. The van der Waals surface area contributed by atoms with E-state index in [4.69, 9.17) is 0 Å². The molecule has 0 bridgehead atoms. The van der Waals surface area contributed by atoms with Crippen molar-refractivity contribution in [1.29, 1.82) is 0 Å². The van der Waals surface area contributed by atoms with E-state index in [9.17, 15) is 0 Å². The molecule has 0 radical (unpaired) electrons. The Balaban J connectivity index is 2.01. The topological polar surface area (TPSA) is 12.0 Å². The van der Waals surface area contributed by atoms with Crippen molar-refractivity contribution in [2.24, 2.45) is 0 Å². The summed E-state index contributed by atoms with van der Waals surface area (Å²) >= 11 is 8.84. The zero-order valence-electron chi connectivity index (χ0n) is 10.1. The summed E-state index contributed by atoms with van der Waals surface area (Å²) in [6, 6.07) is 13.3. The van der Waals surface area contributed by atoms with Crippen molar-refractivity contribution in [1.82, 2.24) is 5.32 Å². The molecule has 0 aliphatic carbocycles. The fourth-order valence-electron chi connectivity index (χ4n) is 1.93. The minimum Gasteiger partial charge on any atom is -0.316 e. The third-order valence-corrected chi connectivity index (χ3v) is 5.00. The molecule has 2 aromatic rings. The van der Waals surface area contributed by atoms with Gasteiger partial charge in [0.25, 0.3) is 0 Å². The zero-order valence-corrected chi connectivity index (χ0v) is 14.1. The summed E-state index contributed by atoms with van der Waals surface area (Å²) < 4.78 is 2.35. The van der Waals surface area contributed by atoms with Gasteiger partial charge in [0, 0.05) is 15.4 Å². The molecule has 18 heavy (non-hydrogen) atoms. The molecule has 1 atom stereocenters. The Morgan fingerprint density at radius 2 is 2.00 bits per heavy atom. The van der Waals surface area contributed by atoms with Crippen LogP contribution in [0, 0.1) is 0 Å². The molecule has 0 saturated carbocycles. The maximum absolute atomic E-state index is 3.52. The summed E-state index contributed by atoms with van der Waals surface area (Å²) in [7, 11) is 2.03. The van der Waals surface area contributed by atoms with Gasteiger partial charge >= 0.3 is 0 Å². The lowest BCUT2D eigenvalue weighted by Gasteiger charge is -2.15. The van der Waals surface area contributed by atoms with Crippen LogP contribution in [0.15, 0.2) is 44.7 Å². The lowest BCUT2D eigenvalue weighted by Crippen LogP contribution is -2.29. The molecule has 2 rings (SSSR count). The van der Waals surface area contributed by atoms with Gasteiger partial charge in [-0.1, -0.05) is 28.1 Å². The van der Waals surface area contributed by atoms with Crippen molar-refractivity contribution < 1.29 is 0 Å². The highest BCUT2D eigenvalue weighted by atomic mass is 79.9. The molecule has 0 spiro atoms. The molecular weight excluding hydrogens is 374 g/mol. The van der Waals surface area contributed by atoms with Gasteiger partial charge in [-0.3, -0.25) is 0 Å². The van der Waals surface area contributed by atoms with Gasteiger partial charge in [0.15, 0.2) is 0 Å². The first kappa shape index (κ1) is 14.3. The van der Waals surface area contributed by atoms with E-state index in [-0.39, 0.29) is 0 Å². The van der Waals surface area contributed by atoms with Crippen LogP contribution in [0.25, 0.3) is 0 Å². The number of hydrogen-bond donors (Lipinski definition) is 1. The van der Waals surface area contributed by atoms with Crippen LogP contribution in [0.2, 0.25) is 0 Å². The van der Waals surface area contributed by atoms with Crippen LogP contribution in [-0.2, 0) is 12.8 Å². The summed E-state index contributed by atoms with van der Waals surface area (Å²) in [5, 5.41) is 3.40. The van der Waals surface area contributed by atoms with Gasteiger partial charge in [0.2, 0.25) is 0 Å². The number of benzene rings is 1. The molecule has 96 valence electrons. The number of halogens is 2. The summed E-state index contributed by atoms with van der Waals surface area (Å²) in [6.45, 7) is 0. The average molecular weight is 389 g/mol. The van der Waals surface area contributed by atoms with Gasteiger partial charge in [0.1, 0.15) is 0 Å². The van der Waals surface area contributed by atoms with Crippen LogP contribution in [0.1, 0.15) is 10.4 Å². The molecule has 1 unspecified atom stereocenters. The molecule has 0 aliphatic heterocycles. The van der Waals surface area contributed by atoms with Crippen molar-refractivity contribution in [2.75, 3.05) is 7.05 Å². The van der Waals surface area contributed by atoms with Crippen molar-refractivity contribution >= 4 is 43.2 Å². The number of hydrogen-bond acceptors (Lipinski definition) is 2. The van der Waals surface area contributed by atoms with Crippen molar-refractivity contribution in [3.05, 3.63) is 55.1 Å². The third kappa shape index (κ3) is 4.19. The molecule has 1 aromatic carbocycles. The number of rotatable bonds is 5. The van der Waals surface area contributed by atoms with E-state index in [0.29, 0.717) is 6.04 Å². The molecule has 1 aromatic heterocycles. The summed E-state index contributed by atoms with van der Waals surface area (Å²) in [4.78, 5) is 1.41. The van der Waals surface area contributed by atoms with E-state index in [0.717, 1.165) is 17.3 Å². The molecule has 4 heteroatoms. The first-order chi connectivity index (χ1) is 8.67. The predicted octanol–water partition coefficient (Wildman–Crippen LogP) is 4.65. The largest absolute Gasteiger partial charge is 0.316 e. The van der Waals surface area contributed by atoms with E-state index in [1.54, 1.807) is 0 Å². The first-order valence-corrected chi connectivity index (χ1v) is 8.23. The Morgan fingerprint density at radius 3 is 2.61 bits per heavy atom. The second-order valence-electron chi connectivity index (χ2n) is 4.23. The molecule has 0 fully saturated rings. The van der Waals surface area contributed by atoms with Gasteiger partial charge in [-0.2, -0.15) is 0 Å². The Kier molecular flexibility index (Phi) is 5.42. The molecule has 1 nitrogen and oxygen atoms in total. The third-order valence-electron chi connectivity index (χ3n) is 2.86. The maximum Gasteiger partial charge on any atom is 0.0701 e. The smallest absolute Gasteiger partial charge is 0.0701 e. The normalized spacial score (nSPS) is 12.6. The van der Waals surface area contributed by atoms with E-state index in [1.165, 1.54) is 14.2 Å². The van der Waals surface area contributed by atoms with Crippen molar-refractivity contribution in [3.63, 3.8) is 0 Å². The highest BCUT2D eigenvalue weighted by Gasteiger charge is 2.10. The number of likely N-dealkylation sites (N-methyl/N-ethyl adjacent to an activating group) is 1. The van der Waals surface area contributed by atoms with Gasteiger partial charge in [-0.05, 0) is 65.6 Å². The minimum atomic E-state index is 0.477. The molecule has 1 N–H and O–H groups in total. The fraction of sp³-hybridized carbons (Fsp3) is 0.286. The van der Waals surface area contributed by atoms with Gasteiger partial charge in [0.05, 0.1) is 3.79 Å². The fourth-order valence-corrected chi connectivity index (χ4v) is 3.94. The average Bonchev–Trinajstić information content (AvgIpc) is 2.74. The zero-order chi connectivity index (χ0) is 13.0. The van der Waals surface area contributed by atoms with Gasteiger partial charge in [-0.15, -0.1) is 11.3 Å². The van der Waals surface area contributed by atoms with E-state index in [2.05, 4.69) is 73.6 Å². The SMILES string of the molecule is CNC(Cc1cccc(Br)c1)Cc1ccc(Br)s1. The molecule has 0 saturated heterocycles. The van der Waals surface area contributed by atoms with Crippen LogP contribution in [-0.4, -0.2) is 13.1 Å². The minimum absolute atomic E-state index is 0.477. The van der Waals surface area contributed by atoms with Gasteiger partial charge < -0.3 is 5.32 Å². The van der Waals surface area contributed by atoms with Crippen molar-refractivity contribution in [2.45, 2.75) is 18.9 Å². The van der Waals surface area contributed by atoms with Crippen LogP contribution < -0.4 is 5.32 Å². The second-order valence-corrected chi connectivity index (χ2v) is 7.69. The van der Waals surface area contributed by atoms with Crippen LogP contribution in [0.3, 0.4) is 0 Å². The molecule has 0 amide bonds. The highest BCUT2D eigenvalue weighted by Crippen LogP contribution is 2.24. The monoisotopic (exact) mass is 387 g/mol. The van der Waals surface area contributed by atoms with E-state index in [1.807, 2.05) is 18.4 Å². The lowest BCUT2D eigenvalue weighted by molar-refractivity contribution is 0.560. The van der Waals surface area contributed by atoms with Crippen LogP contribution in [0.4, 0.5) is 0 Å². The molecule has 0 aliphatic rings. The summed E-state index contributed by atoms with van der Waals surface area (Å²) in [5.41, 5.74) is 1.36. The Morgan fingerprint density at radius 1 is 1.17 bits per heavy atom. The van der Waals surface area contributed by atoms with E-state index < -0.39 is 0 Å². The summed E-state index contributed by atoms with van der Waals surface area (Å²) in [6.07, 6.45) is 2.12. The van der Waals surface area contributed by atoms with Crippen molar-refractivity contribution in [3.8, 4) is 0 Å². The maximum atomic E-state index is 3.52. The van der Waals surface area contributed by atoms with Crippen LogP contribution >= 0.6 is 43.2 Å². The molecular formula is C14H15Br2NS. The Bertz CT molecular complexity index is 510.